The summed E-state index contributed by atoms with van der Waals surface area (Å²) >= 11 is 0. The van der Waals surface area contributed by atoms with Gasteiger partial charge in [-0.15, -0.1) is 10.2 Å². The molecule has 1 amide bonds. The van der Waals surface area contributed by atoms with Crippen LogP contribution in [0, 0.1) is 5.92 Å². The summed E-state index contributed by atoms with van der Waals surface area (Å²) < 4.78 is 44.4. The zero-order chi connectivity index (χ0) is 20.6. The number of nitrogens with one attached hydrogen (secondary N) is 2. The van der Waals surface area contributed by atoms with Crippen LogP contribution in [-0.2, 0) is 10.2 Å². The Morgan fingerprint density at radius 1 is 1.24 bits per heavy atom. The molecule has 29 heavy (non-hydrogen) atoms. The van der Waals surface area contributed by atoms with E-state index in [1.165, 1.54) is 0 Å². The molecule has 0 spiro atoms. The van der Waals surface area contributed by atoms with E-state index in [1.54, 1.807) is 25.3 Å². The second kappa shape index (κ2) is 7.31. The molecule has 1 atom stereocenters. The lowest BCUT2D eigenvalue weighted by molar-refractivity contribution is -0.182. The van der Waals surface area contributed by atoms with E-state index in [2.05, 4.69) is 25.8 Å². The van der Waals surface area contributed by atoms with Gasteiger partial charge in [0.1, 0.15) is 11.2 Å². The third-order valence-corrected chi connectivity index (χ3v) is 5.88. The number of aromatic nitrogens is 3. The number of rotatable bonds is 4. The predicted octanol–water partition coefficient (Wildman–Crippen LogP) is 3.44. The van der Waals surface area contributed by atoms with Crippen LogP contribution in [0.3, 0.4) is 0 Å². The Morgan fingerprint density at radius 3 is 2.66 bits per heavy atom. The molecule has 1 aliphatic heterocycles. The average molecular weight is 409 g/mol. The molecule has 2 N–H and O–H groups in total. The highest BCUT2D eigenvalue weighted by Gasteiger charge is 2.44. The first-order chi connectivity index (χ1) is 13.8. The van der Waals surface area contributed by atoms with Crippen molar-refractivity contribution in [2.45, 2.75) is 56.7 Å². The third kappa shape index (κ3) is 3.79. The Bertz CT molecular complexity index is 892. The SMILES string of the molecule is CC1(c2nnc(-c3cccnc3NC3CCC(C(F)(F)F)CC3)o2)CCNC1=O. The van der Waals surface area contributed by atoms with Crippen LogP contribution in [-0.4, -0.2) is 39.9 Å². The van der Waals surface area contributed by atoms with Gasteiger partial charge in [0.05, 0.1) is 11.5 Å². The monoisotopic (exact) mass is 409 g/mol. The number of carbonyl (C=O) groups excluding carboxylic acids is 1. The molecule has 2 aliphatic rings. The highest BCUT2D eigenvalue weighted by atomic mass is 19.4. The fourth-order valence-corrected chi connectivity index (χ4v) is 3.95. The molecule has 7 nitrogen and oxygen atoms in total. The molecule has 1 unspecified atom stereocenters. The number of halogens is 3. The van der Waals surface area contributed by atoms with Crippen molar-refractivity contribution in [3.63, 3.8) is 0 Å². The quantitative estimate of drug-likeness (QED) is 0.804. The second-order valence-electron chi connectivity index (χ2n) is 7.88. The van der Waals surface area contributed by atoms with Crippen molar-refractivity contribution in [2.75, 3.05) is 11.9 Å². The van der Waals surface area contributed by atoms with Crippen molar-refractivity contribution >= 4 is 11.7 Å². The van der Waals surface area contributed by atoms with Crippen molar-refractivity contribution < 1.29 is 22.4 Å². The number of alkyl halides is 3. The van der Waals surface area contributed by atoms with Crippen LogP contribution in [0.1, 0.15) is 44.9 Å². The Labute approximate surface area is 165 Å². The van der Waals surface area contributed by atoms with Gasteiger partial charge in [0.25, 0.3) is 5.89 Å². The summed E-state index contributed by atoms with van der Waals surface area (Å²) in [5, 5.41) is 14.1. The largest absolute Gasteiger partial charge is 0.419 e. The van der Waals surface area contributed by atoms with Crippen molar-refractivity contribution in [1.29, 1.82) is 0 Å². The van der Waals surface area contributed by atoms with Crippen LogP contribution in [0.4, 0.5) is 19.0 Å². The highest BCUT2D eigenvalue weighted by Crippen LogP contribution is 2.39. The zero-order valence-electron chi connectivity index (χ0n) is 15.9. The maximum atomic E-state index is 12.9. The van der Waals surface area contributed by atoms with Gasteiger partial charge < -0.3 is 15.1 Å². The molecule has 0 bridgehead atoms. The van der Waals surface area contributed by atoms with E-state index in [0.717, 1.165) is 0 Å². The topological polar surface area (TPSA) is 92.9 Å². The number of hydrogen-bond donors (Lipinski definition) is 2. The third-order valence-electron chi connectivity index (χ3n) is 5.88. The number of anilines is 1. The standard InChI is InChI=1S/C19H22F3N5O2/c1-18(8-10-24-16(18)28)17-27-26-15(29-17)13-3-2-9-23-14(13)25-12-6-4-11(5-7-12)19(20,21)22/h2-3,9,11-12H,4-8,10H2,1H3,(H,23,25)(H,24,28). The minimum absolute atomic E-state index is 0.0987. The van der Waals surface area contributed by atoms with E-state index in [-0.39, 0.29) is 36.6 Å². The summed E-state index contributed by atoms with van der Waals surface area (Å²) in [5.41, 5.74) is -0.303. The van der Waals surface area contributed by atoms with Gasteiger partial charge in [-0.25, -0.2) is 4.98 Å². The molecule has 2 fully saturated rings. The van der Waals surface area contributed by atoms with Gasteiger partial charge >= 0.3 is 6.18 Å². The van der Waals surface area contributed by atoms with Crippen LogP contribution in [0.5, 0.6) is 0 Å². The summed E-state index contributed by atoms with van der Waals surface area (Å²) in [4.78, 5) is 16.4. The lowest BCUT2D eigenvalue weighted by Gasteiger charge is -2.30. The molecule has 156 valence electrons. The first-order valence-corrected chi connectivity index (χ1v) is 9.68. The molecule has 3 heterocycles. The summed E-state index contributed by atoms with van der Waals surface area (Å²) in [6, 6.07) is 3.36. The fourth-order valence-electron chi connectivity index (χ4n) is 3.95. The molecular weight excluding hydrogens is 387 g/mol. The minimum Gasteiger partial charge on any atom is -0.419 e. The summed E-state index contributed by atoms with van der Waals surface area (Å²) in [7, 11) is 0. The van der Waals surface area contributed by atoms with Gasteiger partial charge in [0, 0.05) is 18.8 Å². The molecule has 2 aromatic rings. The van der Waals surface area contributed by atoms with E-state index in [1.807, 2.05) is 0 Å². The van der Waals surface area contributed by atoms with Gasteiger partial charge in [-0.3, -0.25) is 4.79 Å². The molecule has 0 radical (unpaired) electrons. The smallest absolute Gasteiger partial charge is 0.391 e. The van der Waals surface area contributed by atoms with E-state index >= 15 is 0 Å². The Hall–Kier alpha value is -2.65. The molecule has 4 rings (SSSR count). The maximum Gasteiger partial charge on any atom is 0.391 e. The molecule has 2 aromatic heterocycles. The number of nitrogens with zero attached hydrogens (tertiary/aromatic N) is 3. The van der Waals surface area contributed by atoms with Crippen LogP contribution >= 0.6 is 0 Å². The van der Waals surface area contributed by atoms with Gasteiger partial charge in [0.15, 0.2) is 0 Å². The fraction of sp³-hybridized carbons (Fsp3) is 0.579. The van der Waals surface area contributed by atoms with Crippen LogP contribution in [0.2, 0.25) is 0 Å². The van der Waals surface area contributed by atoms with E-state index in [9.17, 15) is 18.0 Å². The first kappa shape index (κ1) is 19.7. The van der Waals surface area contributed by atoms with E-state index in [0.29, 0.717) is 37.2 Å². The first-order valence-electron chi connectivity index (χ1n) is 9.68. The molecular formula is C19H22F3N5O2. The summed E-state index contributed by atoms with van der Waals surface area (Å²) in [6.07, 6.45) is -0.960. The normalized spacial score (nSPS) is 27.7. The van der Waals surface area contributed by atoms with Crippen molar-refractivity contribution in [2.24, 2.45) is 5.92 Å². The number of carbonyl (C=O) groups is 1. The van der Waals surface area contributed by atoms with Crippen molar-refractivity contribution in [3.05, 3.63) is 24.2 Å². The molecule has 1 aliphatic carbocycles. The van der Waals surface area contributed by atoms with E-state index in [4.69, 9.17) is 4.42 Å². The number of pyridine rings is 1. The van der Waals surface area contributed by atoms with Crippen LogP contribution in [0.15, 0.2) is 22.7 Å². The van der Waals surface area contributed by atoms with E-state index < -0.39 is 17.5 Å². The highest BCUT2D eigenvalue weighted by molar-refractivity contribution is 5.88. The zero-order valence-corrected chi connectivity index (χ0v) is 15.9. The number of amides is 1. The van der Waals surface area contributed by atoms with Gasteiger partial charge in [-0.2, -0.15) is 13.2 Å². The molecule has 10 heteroatoms. The van der Waals surface area contributed by atoms with Gasteiger partial charge in [-0.05, 0) is 51.2 Å². The Balaban J connectivity index is 1.51. The average Bonchev–Trinajstić information content (AvgIpc) is 3.30. The van der Waals surface area contributed by atoms with Crippen LogP contribution < -0.4 is 10.6 Å². The lowest BCUT2D eigenvalue weighted by atomic mass is 9.85. The summed E-state index contributed by atoms with van der Waals surface area (Å²) in [6.45, 7) is 2.31. The minimum atomic E-state index is -4.13. The van der Waals surface area contributed by atoms with Crippen LogP contribution in [0.25, 0.3) is 11.5 Å². The van der Waals surface area contributed by atoms with Gasteiger partial charge in [0.2, 0.25) is 11.8 Å². The second-order valence-corrected chi connectivity index (χ2v) is 7.88. The van der Waals surface area contributed by atoms with Gasteiger partial charge in [-0.1, -0.05) is 0 Å². The predicted molar refractivity (Wildman–Crippen MR) is 97.9 cm³/mol. The Morgan fingerprint density at radius 2 is 2.00 bits per heavy atom. The van der Waals surface area contributed by atoms with Crippen molar-refractivity contribution in [1.82, 2.24) is 20.5 Å². The molecule has 1 saturated carbocycles. The molecule has 1 saturated heterocycles. The molecule has 0 aromatic carbocycles. The lowest BCUT2D eigenvalue weighted by Crippen LogP contribution is -2.33. The number of hydrogen-bond acceptors (Lipinski definition) is 6. The maximum absolute atomic E-state index is 12.9. The van der Waals surface area contributed by atoms with Crippen molar-refractivity contribution in [3.8, 4) is 11.5 Å². The summed E-state index contributed by atoms with van der Waals surface area (Å²) in [5.74, 6) is -0.443. The Kier molecular flexibility index (Phi) is 4.95.